The first-order chi connectivity index (χ1) is 8.49. The predicted octanol–water partition coefficient (Wildman–Crippen LogP) is 3.03. The van der Waals surface area contributed by atoms with Gasteiger partial charge in [-0.15, -0.1) is 11.3 Å². The van der Waals surface area contributed by atoms with Gasteiger partial charge in [0.25, 0.3) is 6.43 Å². The largest absolute Gasteiger partial charge is 0.478 e. The Morgan fingerprint density at radius 3 is 2.72 bits per heavy atom. The summed E-state index contributed by atoms with van der Waals surface area (Å²) in [6.45, 7) is 0. The van der Waals surface area contributed by atoms with Gasteiger partial charge in [-0.2, -0.15) is 0 Å². The maximum Gasteiger partial charge on any atom is 0.336 e. The van der Waals surface area contributed by atoms with Crippen LogP contribution < -0.4 is 5.73 Å². The van der Waals surface area contributed by atoms with Crippen LogP contribution in [0.25, 0.3) is 10.4 Å². The number of halogens is 2. The van der Waals surface area contributed by atoms with E-state index in [9.17, 15) is 13.6 Å². The maximum absolute atomic E-state index is 12.5. The Morgan fingerprint density at radius 2 is 2.17 bits per heavy atom. The number of nitrogens with zero attached hydrogens (tertiary/aromatic N) is 1. The Morgan fingerprint density at radius 1 is 1.44 bits per heavy atom. The number of carbonyl (C=O) groups is 1. The number of pyridine rings is 1. The summed E-state index contributed by atoms with van der Waals surface area (Å²) in [5, 5.41) is 9.04. The molecule has 0 unspecified atom stereocenters. The number of nitrogen functional groups attached to an aromatic ring is 1. The van der Waals surface area contributed by atoms with E-state index in [1.54, 1.807) is 0 Å². The molecule has 0 atom stereocenters. The first-order valence-electron chi connectivity index (χ1n) is 4.86. The van der Waals surface area contributed by atoms with E-state index in [0.717, 1.165) is 11.3 Å². The average Bonchev–Trinajstić information content (AvgIpc) is 2.78. The SMILES string of the molecule is Nc1cc(C(=O)O)c(-c2ccc(C(F)F)s2)cn1. The Bertz CT molecular complexity index is 598. The second-order valence-electron chi connectivity index (χ2n) is 3.46. The highest BCUT2D eigenvalue weighted by molar-refractivity contribution is 7.15. The first kappa shape index (κ1) is 12.4. The molecule has 0 radical (unpaired) electrons. The average molecular weight is 270 g/mol. The lowest BCUT2D eigenvalue weighted by Gasteiger charge is -2.04. The number of nitrogens with two attached hydrogens (primary N) is 1. The molecule has 3 N–H and O–H groups in total. The number of anilines is 1. The zero-order valence-corrected chi connectivity index (χ0v) is 9.75. The molecular formula is C11H8F2N2O2S. The molecule has 0 saturated carbocycles. The van der Waals surface area contributed by atoms with Crippen molar-refractivity contribution >= 4 is 23.1 Å². The second kappa shape index (κ2) is 4.69. The van der Waals surface area contributed by atoms with Crippen molar-refractivity contribution in [1.29, 1.82) is 0 Å². The number of aromatic carboxylic acids is 1. The van der Waals surface area contributed by atoms with Crippen LogP contribution >= 0.6 is 11.3 Å². The summed E-state index contributed by atoms with van der Waals surface area (Å²) >= 11 is 0.837. The number of carboxylic acid groups (broad SMARTS) is 1. The van der Waals surface area contributed by atoms with Gasteiger partial charge in [0.2, 0.25) is 0 Å². The quantitative estimate of drug-likeness (QED) is 0.898. The molecule has 0 fully saturated rings. The van der Waals surface area contributed by atoms with Crippen LogP contribution in [0.15, 0.2) is 24.4 Å². The molecular weight excluding hydrogens is 262 g/mol. The Labute approximate surface area is 105 Å². The van der Waals surface area contributed by atoms with Crippen molar-refractivity contribution in [2.45, 2.75) is 6.43 Å². The van der Waals surface area contributed by atoms with Gasteiger partial charge < -0.3 is 10.8 Å². The molecule has 4 nitrogen and oxygen atoms in total. The smallest absolute Gasteiger partial charge is 0.336 e. The first-order valence-corrected chi connectivity index (χ1v) is 5.67. The fraction of sp³-hybridized carbons (Fsp3) is 0.0909. The maximum atomic E-state index is 12.5. The topological polar surface area (TPSA) is 76.2 Å². The molecule has 2 rings (SSSR count). The summed E-state index contributed by atoms with van der Waals surface area (Å²) in [4.78, 5) is 15.2. The highest BCUT2D eigenvalue weighted by Crippen LogP contribution is 2.35. The molecule has 94 valence electrons. The highest BCUT2D eigenvalue weighted by Gasteiger charge is 2.17. The Kier molecular flexibility index (Phi) is 3.24. The van der Waals surface area contributed by atoms with E-state index in [2.05, 4.69) is 4.98 Å². The van der Waals surface area contributed by atoms with Crippen molar-refractivity contribution in [3.05, 3.63) is 34.8 Å². The molecule has 0 aliphatic rings. The molecule has 2 heterocycles. The van der Waals surface area contributed by atoms with Gasteiger partial charge in [-0.1, -0.05) is 0 Å². The standard InChI is InChI=1S/C11H8F2N2O2S/c12-10(13)8-2-1-7(18-8)6-4-15-9(14)3-5(6)11(16)17/h1-4,10H,(H2,14,15)(H,16,17). The van der Waals surface area contributed by atoms with Crippen molar-refractivity contribution < 1.29 is 18.7 Å². The number of carboxylic acids is 1. The van der Waals surface area contributed by atoms with Gasteiger partial charge >= 0.3 is 5.97 Å². The van der Waals surface area contributed by atoms with E-state index in [4.69, 9.17) is 10.8 Å². The van der Waals surface area contributed by atoms with Crippen molar-refractivity contribution in [3.8, 4) is 10.4 Å². The predicted molar refractivity (Wildman–Crippen MR) is 63.9 cm³/mol. The summed E-state index contributed by atoms with van der Waals surface area (Å²) in [5.74, 6) is -1.10. The van der Waals surface area contributed by atoms with Crippen LogP contribution in [0.1, 0.15) is 21.7 Å². The van der Waals surface area contributed by atoms with Crippen LogP contribution in [0, 0.1) is 0 Å². The summed E-state index contributed by atoms with van der Waals surface area (Å²) in [6, 6.07) is 3.93. The van der Waals surface area contributed by atoms with Crippen LogP contribution in [0.5, 0.6) is 0 Å². The van der Waals surface area contributed by atoms with E-state index in [1.165, 1.54) is 24.4 Å². The van der Waals surface area contributed by atoms with Gasteiger partial charge in [-0.25, -0.2) is 18.6 Å². The molecule has 0 aliphatic carbocycles. The second-order valence-corrected chi connectivity index (χ2v) is 4.58. The minimum absolute atomic E-state index is 0.0508. The Balaban J connectivity index is 2.52. The summed E-state index contributed by atoms with van der Waals surface area (Å²) in [6.07, 6.45) is -1.29. The minimum Gasteiger partial charge on any atom is -0.478 e. The lowest BCUT2D eigenvalue weighted by atomic mass is 10.1. The van der Waals surface area contributed by atoms with E-state index in [-0.39, 0.29) is 21.8 Å². The molecule has 7 heteroatoms. The summed E-state index contributed by atoms with van der Waals surface area (Å²) in [5.41, 5.74) is 5.64. The van der Waals surface area contributed by atoms with E-state index in [1.807, 2.05) is 0 Å². The molecule has 2 aromatic rings. The van der Waals surface area contributed by atoms with Crippen LogP contribution in [0.2, 0.25) is 0 Å². The zero-order valence-electron chi connectivity index (χ0n) is 8.93. The van der Waals surface area contributed by atoms with E-state index >= 15 is 0 Å². The van der Waals surface area contributed by atoms with Crippen molar-refractivity contribution in [2.24, 2.45) is 0 Å². The molecule has 0 bridgehead atoms. The van der Waals surface area contributed by atoms with Gasteiger partial charge in [0.15, 0.2) is 0 Å². The number of hydrogen-bond acceptors (Lipinski definition) is 4. The molecule has 0 aromatic carbocycles. The third-order valence-electron chi connectivity index (χ3n) is 2.26. The fourth-order valence-corrected chi connectivity index (χ4v) is 2.35. The number of alkyl halides is 2. The van der Waals surface area contributed by atoms with Crippen molar-refractivity contribution in [2.75, 3.05) is 5.73 Å². The van der Waals surface area contributed by atoms with E-state index in [0.29, 0.717) is 4.88 Å². The number of thiophene rings is 1. The molecule has 0 saturated heterocycles. The molecule has 0 spiro atoms. The zero-order chi connectivity index (χ0) is 13.3. The monoisotopic (exact) mass is 270 g/mol. The lowest BCUT2D eigenvalue weighted by molar-refractivity contribution is 0.0697. The number of hydrogen-bond donors (Lipinski definition) is 2. The van der Waals surface area contributed by atoms with Gasteiger partial charge in [-0.3, -0.25) is 0 Å². The number of aromatic nitrogens is 1. The summed E-state index contributed by atoms with van der Waals surface area (Å²) < 4.78 is 25.0. The molecule has 2 aromatic heterocycles. The van der Waals surface area contributed by atoms with Crippen LogP contribution in [-0.2, 0) is 0 Å². The van der Waals surface area contributed by atoms with Crippen molar-refractivity contribution in [3.63, 3.8) is 0 Å². The molecule has 18 heavy (non-hydrogen) atoms. The third kappa shape index (κ3) is 2.30. The van der Waals surface area contributed by atoms with Crippen LogP contribution in [0.4, 0.5) is 14.6 Å². The van der Waals surface area contributed by atoms with E-state index < -0.39 is 12.4 Å². The third-order valence-corrected chi connectivity index (χ3v) is 3.39. The van der Waals surface area contributed by atoms with Crippen LogP contribution in [0.3, 0.4) is 0 Å². The Hall–Kier alpha value is -2.02. The van der Waals surface area contributed by atoms with Crippen LogP contribution in [-0.4, -0.2) is 16.1 Å². The lowest BCUT2D eigenvalue weighted by Crippen LogP contribution is -2.02. The molecule has 0 amide bonds. The van der Waals surface area contributed by atoms with Gasteiger partial charge in [0.05, 0.1) is 10.4 Å². The molecule has 0 aliphatic heterocycles. The van der Waals surface area contributed by atoms with Crippen molar-refractivity contribution in [1.82, 2.24) is 4.98 Å². The minimum atomic E-state index is -2.57. The summed E-state index contributed by atoms with van der Waals surface area (Å²) in [7, 11) is 0. The highest BCUT2D eigenvalue weighted by atomic mass is 32.1. The fourth-order valence-electron chi connectivity index (χ4n) is 1.46. The van der Waals surface area contributed by atoms with Gasteiger partial charge in [0.1, 0.15) is 5.82 Å². The normalized spacial score (nSPS) is 10.8. The van der Waals surface area contributed by atoms with Gasteiger partial charge in [-0.05, 0) is 18.2 Å². The van der Waals surface area contributed by atoms with Gasteiger partial charge in [0, 0.05) is 16.6 Å². The number of rotatable bonds is 3.